The van der Waals surface area contributed by atoms with Gasteiger partial charge in [0.2, 0.25) is 10.9 Å². The normalized spacial score (nSPS) is 15.4. The minimum atomic E-state index is 0.460. The first-order valence-electron chi connectivity index (χ1n) is 8.37. The molecule has 1 aliphatic carbocycles. The van der Waals surface area contributed by atoms with Gasteiger partial charge in [-0.25, -0.2) is 4.52 Å². The minimum absolute atomic E-state index is 0.460. The van der Waals surface area contributed by atoms with Gasteiger partial charge in [0.1, 0.15) is 0 Å². The summed E-state index contributed by atoms with van der Waals surface area (Å²) in [4.78, 5) is 5.34. The van der Waals surface area contributed by atoms with E-state index in [1.807, 2.05) is 34.2 Å². The zero-order valence-electron chi connectivity index (χ0n) is 13.5. The fourth-order valence-electron chi connectivity index (χ4n) is 3.12. The zero-order chi connectivity index (χ0) is 17.2. The van der Waals surface area contributed by atoms with Crippen molar-refractivity contribution in [3.63, 3.8) is 0 Å². The number of hydrogen-bond donors (Lipinski definition) is 2. The van der Waals surface area contributed by atoms with Crippen LogP contribution >= 0.6 is 35.2 Å². The van der Waals surface area contributed by atoms with Crippen molar-refractivity contribution in [2.24, 2.45) is 0 Å². The molecule has 25 heavy (non-hydrogen) atoms. The molecular formula is C17H18ClN5S2. The van der Waals surface area contributed by atoms with Crippen LogP contribution in [0.4, 0.5) is 5.95 Å². The number of anilines is 1. The van der Waals surface area contributed by atoms with Crippen LogP contribution in [0, 0.1) is 0 Å². The van der Waals surface area contributed by atoms with Gasteiger partial charge in [-0.1, -0.05) is 43.0 Å². The largest absolute Gasteiger partial charge is 0.360 e. The monoisotopic (exact) mass is 391 g/mol. The molecule has 1 aromatic carbocycles. The van der Waals surface area contributed by atoms with Crippen molar-refractivity contribution >= 4 is 51.2 Å². The molecule has 5 nitrogen and oxygen atoms in total. The second-order valence-electron chi connectivity index (χ2n) is 6.19. The average Bonchev–Trinajstić information content (AvgIpc) is 3.16. The smallest absolute Gasteiger partial charge is 0.250 e. The third-order valence-electron chi connectivity index (χ3n) is 4.39. The van der Waals surface area contributed by atoms with Gasteiger partial charge in [-0.3, -0.25) is 5.32 Å². The average molecular weight is 392 g/mol. The minimum Gasteiger partial charge on any atom is -0.360 e. The molecule has 0 saturated heterocycles. The SMILES string of the molecule is S=C(Nc1nc2scc(-c3ccc(Cl)cc3)n2n1)NC1CCCCC1. The molecule has 0 amide bonds. The first-order valence-corrected chi connectivity index (χ1v) is 10.0. The quantitative estimate of drug-likeness (QED) is 0.632. The van der Waals surface area contributed by atoms with Crippen LogP contribution in [0.1, 0.15) is 32.1 Å². The summed E-state index contributed by atoms with van der Waals surface area (Å²) in [6.45, 7) is 0. The molecule has 8 heteroatoms. The molecule has 1 aliphatic rings. The van der Waals surface area contributed by atoms with Crippen LogP contribution in [0.3, 0.4) is 0 Å². The van der Waals surface area contributed by atoms with Crippen molar-refractivity contribution in [1.29, 1.82) is 0 Å². The van der Waals surface area contributed by atoms with Gasteiger partial charge in [-0.15, -0.1) is 16.4 Å². The van der Waals surface area contributed by atoms with Gasteiger partial charge in [0.05, 0.1) is 5.69 Å². The summed E-state index contributed by atoms with van der Waals surface area (Å²) in [5, 5.41) is 14.4. The van der Waals surface area contributed by atoms with Gasteiger partial charge in [0, 0.05) is 22.0 Å². The molecule has 2 heterocycles. The Morgan fingerprint density at radius 1 is 1.20 bits per heavy atom. The number of halogens is 1. The maximum absolute atomic E-state index is 5.97. The number of benzene rings is 1. The first-order chi connectivity index (χ1) is 12.2. The topological polar surface area (TPSA) is 54.2 Å². The lowest BCUT2D eigenvalue weighted by molar-refractivity contribution is 0.414. The summed E-state index contributed by atoms with van der Waals surface area (Å²) in [7, 11) is 0. The number of thiazole rings is 1. The molecule has 0 spiro atoms. The van der Waals surface area contributed by atoms with E-state index in [9.17, 15) is 0 Å². The number of nitrogens with one attached hydrogen (secondary N) is 2. The third kappa shape index (κ3) is 3.78. The van der Waals surface area contributed by atoms with Crippen LogP contribution in [-0.2, 0) is 0 Å². The molecule has 0 atom stereocenters. The van der Waals surface area contributed by atoms with Gasteiger partial charge in [0.25, 0.3) is 0 Å². The number of nitrogens with zero attached hydrogens (tertiary/aromatic N) is 3. The Labute approximate surface area is 160 Å². The Balaban J connectivity index is 1.49. The van der Waals surface area contributed by atoms with E-state index in [2.05, 4.69) is 20.7 Å². The Morgan fingerprint density at radius 2 is 1.96 bits per heavy atom. The van der Waals surface area contributed by atoms with E-state index >= 15 is 0 Å². The van der Waals surface area contributed by atoms with Crippen LogP contribution in [0.15, 0.2) is 29.6 Å². The highest BCUT2D eigenvalue weighted by molar-refractivity contribution is 7.80. The summed E-state index contributed by atoms with van der Waals surface area (Å²) in [6, 6.07) is 8.17. The standard InChI is InChI=1S/C17H18ClN5S2/c18-12-8-6-11(7-9-12)14-10-25-17-21-15(22-23(14)17)20-16(24)19-13-4-2-1-3-5-13/h6-10,13H,1-5H2,(H2,19,20,22,24). The fourth-order valence-corrected chi connectivity index (χ4v) is 4.34. The molecule has 0 bridgehead atoms. The number of aromatic nitrogens is 3. The molecule has 0 aliphatic heterocycles. The maximum atomic E-state index is 5.97. The van der Waals surface area contributed by atoms with Crippen molar-refractivity contribution in [3.8, 4) is 11.3 Å². The van der Waals surface area contributed by atoms with Crippen molar-refractivity contribution in [1.82, 2.24) is 19.9 Å². The van der Waals surface area contributed by atoms with Gasteiger partial charge in [-0.2, -0.15) is 4.98 Å². The Morgan fingerprint density at radius 3 is 2.72 bits per heavy atom. The number of rotatable bonds is 3. The van der Waals surface area contributed by atoms with Crippen LogP contribution in [0.5, 0.6) is 0 Å². The van der Waals surface area contributed by atoms with Crippen LogP contribution < -0.4 is 10.6 Å². The summed E-state index contributed by atoms with van der Waals surface area (Å²) in [6.07, 6.45) is 6.21. The molecule has 130 valence electrons. The van der Waals surface area contributed by atoms with Crippen LogP contribution in [0.2, 0.25) is 5.02 Å². The lowest BCUT2D eigenvalue weighted by atomic mass is 9.96. The molecule has 1 saturated carbocycles. The van der Waals surface area contributed by atoms with E-state index < -0.39 is 0 Å². The predicted octanol–water partition coefficient (Wildman–Crippen LogP) is 4.73. The number of thiocarbonyl (C=S) groups is 1. The lowest BCUT2D eigenvalue weighted by Gasteiger charge is -2.23. The Bertz CT molecular complexity index is 880. The second-order valence-corrected chi connectivity index (χ2v) is 7.87. The molecular weight excluding hydrogens is 374 g/mol. The van der Waals surface area contributed by atoms with E-state index in [-0.39, 0.29) is 0 Å². The van der Waals surface area contributed by atoms with E-state index in [0.717, 1.165) is 21.2 Å². The number of fused-ring (bicyclic) bond motifs is 1. The summed E-state index contributed by atoms with van der Waals surface area (Å²) in [5.41, 5.74) is 2.04. The highest BCUT2D eigenvalue weighted by Crippen LogP contribution is 2.27. The Kier molecular flexibility index (Phi) is 4.87. The molecule has 4 rings (SSSR count). The van der Waals surface area contributed by atoms with Gasteiger partial charge in [-0.05, 0) is 37.2 Å². The predicted molar refractivity (Wildman–Crippen MR) is 108 cm³/mol. The highest BCUT2D eigenvalue weighted by atomic mass is 35.5. The van der Waals surface area contributed by atoms with E-state index in [1.54, 1.807) is 11.3 Å². The van der Waals surface area contributed by atoms with Crippen molar-refractivity contribution in [2.75, 3.05) is 5.32 Å². The van der Waals surface area contributed by atoms with Crippen LogP contribution in [0.25, 0.3) is 16.2 Å². The van der Waals surface area contributed by atoms with E-state index in [4.69, 9.17) is 23.8 Å². The van der Waals surface area contributed by atoms with Gasteiger partial charge < -0.3 is 5.32 Å². The number of hydrogen-bond acceptors (Lipinski definition) is 4. The van der Waals surface area contributed by atoms with Crippen molar-refractivity contribution < 1.29 is 0 Å². The van der Waals surface area contributed by atoms with E-state index in [0.29, 0.717) is 17.1 Å². The van der Waals surface area contributed by atoms with Gasteiger partial charge in [0.15, 0.2) is 5.11 Å². The summed E-state index contributed by atoms with van der Waals surface area (Å²) < 4.78 is 1.83. The first kappa shape index (κ1) is 16.8. The fraction of sp³-hybridized carbons (Fsp3) is 0.353. The lowest BCUT2D eigenvalue weighted by Crippen LogP contribution is -2.39. The highest BCUT2D eigenvalue weighted by Gasteiger charge is 2.16. The molecule has 2 aromatic heterocycles. The third-order valence-corrected chi connectivity index (χ3v) is 5.68. The Hall–Kier alpha value is -1.70. The molecule has 3 aromatic rings. The maximum Gasteiger partial charge on any atom is 0.250 e. The molecule has 1 fully saturated rings. The molecule has 2 N–H and O–H groups in total. The van der Waals surface area contributed by atoms with Crippen LogP contribution in [-0.4, -0.2) is 25.8 Å². The molecule has 0 radical (unpaired) electrons. The molecule has 0 unspecified atom stereocenters. The second kappa shape index (κ2) is 7.27. The van der Waals surface area contributed by atoms with Crippen molar-refractivity contribution in [3.05, 3.63) is 34.7 Å². The zero-order valence-corrected chi connectivity index (χ0v) is 15.9. The van der Waals surface area contributed by atoms with Crippen molar-refractivity contribution in [2.45, 2.75) is 38.1 Å². The summed E-state index contributed by atoms with van der Waals surface area (Å²) in [5.74, 6) is 0.523. The summed E-state index contributed by atoms with van der Waals surface area (Å²) >= 11 is 12.9. The van der Waals surface area contributed by atoms with Gasteiger partial charge >= 0.3 is 0 Å². The van der Waals surface area contributed by atoms with E-state index in [1.165, 1.54) is 32.1 Å².